The van der Waals surface area contributed by atoms with Crippen molar-refractivity contribution in [3.63, 3.8) is 0 Å². The van der Waals surface area contributed by atoms with Crippen molar-refractivity contribution in [2.24, 2.45) is 0 Å². The van der Waals surface area contributed by atoms with Crippen molar-refractivity contribution in [1.29, 1.82) is 0 Å². The molecular formula is C20H20N2O2. The molecule has 1 atom stereocenters. The molecule has 0 aliphatic carbocycles. The Morgan fingerprint density at radius 3 is 2.67 bits per heavy atom. The second-order valence-electron chi connectivity index (χ2n) is 6.45. The maximum absolute atomic E-state index is 12.5. The highest BCUT2D eigenvalue weighted by atomic mass is 16.2. The monoisotopic (exact) mass is 320 g/mol. The molecule has 4 nitrogen and oxygen atoms in total. The van der Waals surface area contributed by atoms with E-state index in [0.717, 1.165) is 6.42 Å². The topological polar surface area (TPSA) is 49.4 Å². The molecule has 2 aliphatic rings. The molecule has 0 bridgehead atoms. The lowest BCUT2D eigenvalue weighted by Gasteiger charge is -2.29. The average molecular weight is 320 g/mol. The third kappa shape index (κ3) is 2.68. The first kappa shape index (κ1) is 14.9. The van der Waals surface area contributed by atoms with E-state index in [4.69, 9.17) is 0 Å². The van der Waals surface area contributed by atoms with Crippen molar-refractivity contribution < 1.29 is 9.59 Å². The fourth-order valence-electron chi connectivity index (χ4n) is 3.64. The highest BCUT2D eigenvalue weighted by Gasteiger charge is 2.31. The van der Waals surface area contributed by atoms with Crippen molar-refractivity contribution in [2.45, 2.75) is 25.3 Å². The summed E-state index contributed by atoms with van der Waals surface area (Å²) in [6, 6.07) is 14.4. The molecule has 0 aromatic heterocycles. The molecular weight excluding hydrogens is 300 g/mol. The van der Waals surface area contributed by atoms with Crippen molar-refractivity contribution in [1.82, 2.24) is 10.2 Å². The Morgan fingerprint density at radius 1 is 1.08 bits per heavy atom. The zero-order valence-electron chi connectivity index (χ0n) is 13.5. The number of nitrogens with zero attached hydrogens (tertiary/aromatic N) is 1. The van der Waals surface area contributed by atoms with Gasteiger partial charge >= 0.3 is 0 Å². The van der Waals surface area contributed by atoms with Crippen LogP contribution in [0.1, 0.15) is 24.8 Å². The number of fused-ring (bicyclic) bond motifs is 1. The van der Waals surface area contributed by atoms with E-state index in [1.807, 2.05) is 4.90 Å². The predicted octanol–water partition coefficient (Wildman–Crippen LogP) is 2.73. The third-order valence-electron chi connectivity index (χ3n) is 4.95. The fraction of sp³-hybridized carbons (Fsp3) is 0.300. The fourth-order valence-corrected chi connectivity index (χ4v) is 3.64. The van der Waals surface area contributed by atoms with Gasteiger partial charge in [0.15, 0.2) is 0 Å². The third-order valence-corrected chi connectivity index (χ3v) is 4.95. The Balaban J connectivity index is 1.54. The van der Waals surface area contributed by atoms with Gasteiger partial charge in [0.1, 0.15) is 6.04 Å². The molecule has 0 saturated carbocycles. The molecule has 2 aromatic rings. The minimum Gasteiger partial charge on any atom is -0.344 e. The Bertz CT molecular complexity index is 835. The standard InChI is InChI=1S/C20H20N2O2/c23-19-9-8-18(21-19)20(24)22-12-10-15(11-13-22)17-7-3-5-14-4-1-2-6-16(14)17/h1-7,10,18H,8-9,11-13H2,(H,21,23)/t18-/m0/s1. The van der Waals surface area contributed by atoms with Gasteiger partial charge in [0.25, 0.3) is 0 Å². The number of hydrogen-bond donors (Lipinski definition) is 1. The summed E-state index contributed by atoms with van der Waals surface area (Å²) in [7, 11) is 0. The van der Waals surface area contributed by atoms with E-state index in [1.165, 1.54) is 21.9 Å². The van der Waals surface area contributed by atoms with Crippen LogP contribution in [0.3, 0.4) is 0 Å². The Morgan fingerprint density at radius 2 is 1.92 bits per heavy atom. The molecule has 1 fully saturated rings. The van der Waals surface area contributed by atoms with Crippen LogP contribution < -0.4 is 5.32 Å². The smallest absolute Gasteiger partial charge is 0.245 e. The van der Waals surface area contributed by atoms with Crippen molar-refractivity contribution in [2.75, 3.05) is 13.1 Å². The van der Waals surface area contributed by atoms with Gasteiger partial charge < -0.3 is 10.2 Å². The Kier molecular flexibility index (Phi) is 3.81. The summed E-state index contributed by atoms with van der Waals surface area (Å²) in [5.74, 6) is 0.0337. The second-order valence-corrected chi connectivity index (χ2v) is 6.45. The predicted molar refractivity (Wildman–Crippen MR) is 94.3 cm³/mol. The number of hydrogen-bond acceptors (Lipinski definition) is 2. The molecule has 1 saturated heterocycles. The van der Waals surface area contributed by atoms with E-state index in [1.54, 1.807) is 0 Å². The molecule has 4 rings (SSSR count). The molecule has 24 heavy (non-hydrogen) atoms. The van der Waals surface area contributed by atoms with Crippen LogP contribution in [0.5, 0.6) is 0 Å². The van der Waals surface area contributed by atoms with Gasteiger partial charge in [-0.05, 0) is 34.8 Å². The summed E-state index contributed by atoms with van der Waals surface area (Å²) in [6.45, 7) is 1.32. The molecule has 0 unspecified atom stereocenters. The molecule has 1 N–H and O–H groups in total. The van der Waals surface area contributed by atoms with E-state index >= 15 is 0 Å². The summed E-state index contributed by atoms with van der Waals surface area (Å²) in [5, 5.41) is 5.26. The van der Waals surface area contributed by atoms with Crippen LogP contribution in [0.2, 0.25) is 0 Å². The van der Waals surface area contributed by atoms with Crippen molar-refractivity contribution >= 4 is 28.2 Å². The van der Waals surface area contributed by atoms with Crippen LogP contribution in [0.15, 0.2) is 48.5 Å². The Labute approximate surface area is 141 Å². The molecule has 2 amide bonds. The number of nitrogens with one attached hydrogen (secondary N) is 1. The van der Waals surface area contributed by atoms with Crippen LogP contribution in [0.4, 0.5) is 0 Å². The number of amides is 2. The highest BCUT2D eigenvalue weighted by Crippen LogP contribution is 2.29. The molecule has 2 aliphatic heterocycles. The average Bonchev–Trinajstić information content (AvgIpc) is 3.07. The normalized spacial score (nSPS) is 20.8. The van der Waals surface area contributed by atoms with Crippen molar-refractivity contribution in [3.05, 3.63) is 54.1 Å². The van der Waals surface area contributed by atoms with Gasteiger partial charge in [-0.3, -0.25) is 9.59 Å². The van der Waals surface area contributed by atoms with E-state index in [-0.39, 0.29) is 17.9 Å². The summed E-state index contributed by atoms with van der Waals surface area (Å²) < 4.78 is 0. The first-order valence-electron chi connectivity index (χ1n) is 8.48. The van der Waals surface area contributed by atoms with E-state index in [9.17, 15) is 9.59 Å². The first-order chi connectivity index (χ1) is 11.7. The lowest BCUT2D eigenvalue weighted by atomic mass is 9.94. The van der Waals surface area contributed by atoms with Crippen molar-refractivity contribution in [3.8, 4) is 0 Å². The summed E-state index contributed by atoms with van der Waals surface area (Å²) in [4.78, 5) is 25.6. The molecule has 2 heterocycles. The van der Waals surface area contributed by atoms with Gasteiger partial charge in [-0.15, -0.1) is 0 Å². The lowest BCUT2D eigenvalue weighted by Crippen LogP contribution is -2.45. The zero-order chi connectivity index (χ0) is 16.5. The van der Waals surface area contributed by atoms with Gasteiger partial charge in [-0.2, -0.15) is 0 Å². The SMILES string of the molecule is O=C1CC[C@@H](C(=O)N2CC=C(c3cccc4ccccc34)CC2)N1. The highest BCUT2D eigenvalue weighted by molar-refractivity contribution is 5.95. The van der Waals surface area contributed by atoms with Crippen LogP contribution in [-0.2, 0) is 9.59 Å². The van der Waals surface area contributed by atoms with Gasteiger partial charge in [0.2, 0.25) is 11.8 Å². The molecule has 0 spiro atoms. The molecule has 122 valence electrons. The Hall–Kier alpha value is -2.62. The maximum atomic E-state index is 12.5. The molecule has 2 aromatic carbocycles. The van der Waals surface area contributed by atoms with Gasteiger partial charge in [-0.25, -0.2) is 0 Å². The number of carbonyl (C=O) groups excluding carboxylic acids is 2. The number of rotatable bonds is 2. The van der Waals surface area contributed by atoms with Gasteiger partial charge in [0, 0.05) is 19.5 Å². The first-order valence-corrected chi connectivity index (χ1v) is 8.48. The van der Waals surface area contributed by atoms with Crippen LogP contribution in [-0.4, -0.2) is 35.8 Å². The number of carbonyl (C=O) groups is 2. The maximum Gasteiger partial charge on any atom is 0.245 e. The van der Waals surface area contributed by atoms with E-state index < -0.39 is 0 Å². The quantitative estimate of drug-likeness (QED) is 0.925. The van der Waals surface area contributed by atoms with Gasteiger partial charge in [0.05, 0.1) is 0 Å². The largest absolute Gasteiger partial charge is 0.344 e. The minimum atomic E-state index is -0.329. The van der Waals surface area contributed by atoms with Crippen LogP contribution in [0, 0.1) is 0 Å². The number of benzene rings is 2. The van der Waals surface area contributed by atoms with E-state index in [2.05, 4.69) is 53.9 Å². The van der Waals surface area contributed by atoms with Crippen LogP contribution in [0.25, 0.3) is 16.3 Å². The summed E-state index contributed by atoms with van der Waals surface area (Å²) in [5.41, 5.74) is 2.56. The summed E-state index contributed by atoms with van der Waals surface area (Å²) in [6.07, 6.45) is 4.08. The minimum absolute atomic E-state index is 0.0163. The second kappa shape index (κ2) is 6.11. The van der Waals surface area contributed by atoms with E-state index in [0.29, 0.717) is 25.9 Å². The molecule has 0 radical (unpaired) electrons. The molecule has 4 heteroatoms. The lowest BCUT2D eigenvalue weighted by molar-refractivity contribution is -0.134. The van der Waals surface area contributed by atoms with Gasteiger partial charge in [-0.1, -0.05) is 48.5 Å². The zero-order valence-corrected chi connectivity index (χ0v) is 13.5. The summed E-state index contributed by atoms with van der Waals surface area (Å²) >= 11 is 0. The van der Waals surface area contributed by atoms with Crippen LogP contribution >= 0.6 is 0 Å².